The lowest BCUT2D eigenvalue weighted by molar-refractivity contribution is 0.0601. The zero-order valence-electron chi connectivity index (χ0n) is 13.1. The minimum absolute atomic E-state index is 0.250. The third kappa shape index (κ3) is 4.11. The number of aromatic nitrogens is 2. The summed E-state index contributed by atoms with van der Waals surface area (Å²) in [6, 6.07) is 6.76. The molecule has 0 radical (unpaired) electrons. The van der Waals surface area contributed by atoms with Gasteiger partial charge in [-0.15, -0.1) is 0 Å². The molecule has 0 unspecified atom stereocenters. The van der Waals surface area contributed by atoms with Crippen LogP contribution in [0, 0.1) is 12.8 Å². The van der Waals surface area contributed by atoms with E-state index >= 15 is 0 Å². The lowest BCUT2D eigenvalue weighted by Crippen LogP contribution is -2.20. The number of rotatable bonds is 5. The van der Waals surface area contributed by atoms with E-state index in [9.17, 15) is 8.42 Å². The number of aryl methyl sites for hydroxylation is 1. The van der Waals surface area contributed by atoms with Gasteiger partial charge in [0.05, 0.1) is 16.8 Å². The van der Waals surface area contributed by atoms with E-state index in [1.54, 1.807) is 41.3 Å². The molecule has 0 bridgehead atoms. The van der Waals surface area contributed by atoms with E-state index in [1.807, 2.05) is 6.92 Å². The summed E-state index contributed by atoms with van der Waals surface area (Å²) in [7, 11) is -3.57. The van der Waals surface area contributed by atoms with Crippen LogP contribution in [0.2, 0.25) is 0 Å². The van der Waals surface area contributed by atoms with E-state index < -0.39 is 10.0 Å². The number of benzene rings is 1. The molecule has 6 nitrogen and oxygen atoms in total. The maximum absolute atomic E-state index is 12.3. The smallest absolute Gasteiger partial charge is 0.261 e. The Morgan fingerprint density at radius 1 is 1.26 bits per heavy atom. The van der Waals surface area contributed by atoms with Crippen LogP contribution in [-0.2, 0) is 21.3 Å². The number of sulfonamides is 1. The van der Waals surface area contributed by atoms with Gasteiger partial charge in [0.25, 0.3) is 10.0 Å². The van der Waals surface area contributed by atoms with Crippen molar-refractivity contribution in [2.45, 2.75) is 31.2 Å². The monoisotopic (exact) mass is 335 g/mol. The molecule has 0 aliphatic carbocycles. The molecule has 0 saturated carbocycles. The van der Waals surface area contributed by atoms with Crippen molar-refractivity contribution in [2.75, 3.05) is 17.9 Å². The first-order valence-electron chi connectivity index (χ1n) is 7.73. The molecule has 3 rings (SSSR count). The van der Waals surface area contributed by atoms with Gasteiger partial charge in [-0.1, -0.05) is 17.7 Å². The molecule has 1 aromatic heterocycles. The predicted octanol–water partition coefficient (Wildman–Crippen LogP) is 2.42. The van der Waals surface area contributed by atoms with Crippen LogP contribution in [-0.4, -0.2) is 31.4 Å². The minimum Gasteiger partial charge on any atom is -0.381 e. The number of nitrogens with one attached hydrogen (secondary N) is 1. The van der Waals surface area contributed by atoms with Gasteiger partial charge in [0.1, 0.15) is 0 Å². The molecule has 7 heteroatoms. The Hall–Kier alpha value is -1.86. The molecule has 1 saturated heterocycles. The van der Waals surface area contributed by atoms with Crippen molar-refractivity contribution >= 4 is 15.7 Å². The Morgan fingerprint density at radius 2 is 1.96 bits per heavy atom. The number of ether oxygens (including phenoxy) is 1. The number of nitrogens with zero attached hydrogens (tertiary/aromatic N) is 2. The normalized spacial score (nSPS) is 16.4. The second kappa shape index (κ2) is 6.72. The Morgan fingerprint density at radius 3 is 2.65 bits per heavy atom. The van der Waals surface area contributed by atoms with E-state index in [2.05, 4.69) is 9.82 Å². The third-order valence-corrected chi connectivity index (χ3v) is 5.40. The van der Waals surface area contributed by atoms with Crippen LogP contribution in [0.4, 0.5) is 5.69 Å². The quantitative estimate of drug-likeness (QED) is 0.911. The van der Waals surface area contributed by atoms with Crippen LogP contribution < -0.4 is 4.72 Å². The highest BCUT2D eigenvalue weighted by Crippen LogP contribution is 2.19. The second-order valence-electron chi connectivity index (χ2n) is 5.93. The van der Waals surface area contributed by atoms with Crippen molar-refractivity contribution in [1.29, 1.82) is 0 Å². The molecule has 23 heavy (non-hydrogen) atoms. The molecule has 0 atom stereocenters. The maximum Gasteiger partial charge on any atom is 0.261 e. The van der Waals surface area contributed by atoms with Gasteiger partial charge in [-0.2, -0.15) is 5.10 Å². The van der Waals surface area contributed by atoms with Gasteiger partial charge in [-0.25, -0.2) is 8.42 Å². The summed E-state index contributed by atoms with van der Waals surface area (Å²) >= 11 is 0. The first kappa shape index (κ1) is 16.0. The van der Waals surface area contributed by atoms with E-state index in [4.69, 9.17) is 4.74 Å². The molecule has 2 aromatic rings. The minimum atomic E-state index is -3.57. The average Bonchev–Trinajstić information content (AvgIpc) is 2.95. The highest BCUT2D eigenvalue weighted by atomic mass is 32.2. The standard InChI is InChI=1S/C16H21N3O3S/c1-13-2-4-16(5-3-13)23(20,21)18-15-10-17-19(12-15)11-14-6-8-22-9-7-14/h2-5,10,12,14,18H,6-9,11H2,1H3. The molecule has 2 heterocycles. The van der Waals surface area contributed by atoms with Crippen molar-refractivity contribution in [3.63, 3.8) is 0 Å². The molecule has 1 N–H and O–H groups in total. The molecule has 1 aliphatic rings. The Bertz CT molecular complexity index is 747. The summed E-state index contributed by atoms with van der Waals surface area (Å²) in [5, 5.41) is 4.25. The van der Waals surface area contributed by atoms with Crippen molar-refractivity contribution in [2.24, 2.45) is 5.92 Å². The lowest BCUT2D eigenvalue weighted by Gasteiger charge is -2.21. The summed E-state index contributed by atoms with van der Waals surface area (Å²) in [5.74, 6) is 0.533. The average molecular weight is 335 g/mol. The van der Waals surface area contributed by atoms with Crippen LogP contribution >= 0.6 is 0 Å². The predicted molar refractivity (Wildman–Crippen MR) is 87.8 cm³/mol. The molecule has 0 amide bonds. The molecular weight excluding hydrogens is 314 g/mol. The third-order valence-electron chi connectivity index (χ3n) is 4.00. The van der Waals surface area contributed by atoms with Gasteiger partial charge < -0.3 is 4.74 Å². The fourth-order valence-corrected chi connectivity index (χ4v) is 3.67. The van der Waals surface area contributed by atoms with Crippen molar-refractivity contribution in [3.05, 3.63) is 42.2 Å². The SMILES string of the molecule is Cc1ccc(S(=O)(=O)Nc2cnn(CC3CCOCC3)c2)cc1. The van der Waals surface area contributed by atoms with Crippen LogP contribution in [0.1, 0.15) is 18.4 Å². The lowest BCUT2D eigenvalue weighted by atomic mass is 10.0. The molecule has 1 aliphatic heterocycles. The van der Waals surface area contributed by atoms with Gasteiger partial charge in [-0.3, -0.25) is 9.40 Å². The molecular formula is C16H21N3O3S. The van der Waals surface area contributed by atoms with E-state index in [1.165, 1.54) is 0 Å². The Labute approximate surface area is 136 Å². The number of hydrogen-bond acceptors (Lipinski definition) is 4. The van der Waals surface area contributed by atoms with E-state index in [0.29, 0.717) is 11.6 Å². The molecule has 124 valence electrons. The van der Waals surface area contributed by atoms with Crippen LogP contribution in [0.5, 0.6) is 0 Å². The number of hydrogen-bond donors (Lipinski definition) is 1. The van der Waals surface area contributed by atoms with E-state index in [-0.39, 0.29) is 4.90 Å². The Kier molecular flexibility index (Phi) is 4.68. The van der Waals surface area contributed by atoms with Gasteiger partial charge in [0.2, 0.25) is 0 Å². The molecule has 1 aromatic carbocycles. The van der Waals surface area contributed by atoms with Crippen LogP contribution in [0.15, 0.2) is 41.6 Å². The highest BCUT2D eigenvalue weighted by Gasteiger charge is 2.17. The molecule has 1 fully saturated rings. The van der Waals surface area contributed by atoms with Crippen molar-refractivity contribution in [1.82, 2.24) is 9.78 Å². The van der Waals surface area contributed by atoms with Gasteiger partial charge in [0.15, 0.2) is 0 Å². The van der Waals surface area contributed by atoms with Crippen LogP contribution in [0.25, 0.3) is 0 Å². The summed E-state index contributed by atoms with van der Waals surface area (Å²) in [5.41, 5.74) is 1.51. The first-order chi connectivity index (χ1) is 11.0. The summed E-state index contributed by atoms with van der Waals surface area (Å²) in [6.07, 6.45) is 5.32. The van der Waals surface area contributed by atoms with Gasteiger partial charge in [-0.05, 0) is 37.8 Å². The van der Waals surface area contributed by atoms with Gasteiger partial charge in [0, 0.05) is 26.0 Å². The zero-order chi connectivity index (χ0) is 16.3. The molecule has 0 spiro atoms. The largest absolute Gasteiger partial charge is 0.381 e. The number of anilines is 1. The second-order valence-corrected chi connectivity index (χ2v) is 7.61. The topological polar surface area (TPSA) is 73.2 Å². The fourth-order valence-electron chi connectivity index (χ4n) is 2.64. The van der Waals surface area contributed by atoms with Crippen molar-refractivity contribution < 1.29 is 13.2 Å². The Balaban J connectivity index is 1.67. The van der Waals surface area contributed by atoms with Crippen LogP contribution in [0.3, 0.4) is 0 Å². The summed E-state index contributed by atoms with van der Waals surface area (Å²) in [4.78, 5) is 0.250. The van der Waals surface area contributed by atoms with Crippen molar-refractivity contribution in [3.8, 4) is 0 Å². The van der Waals surface area contributed by atoms with E-state index in [0.717, 1.165) is 38.2 Å². The first-order valence-corrected chi connectivity index (χ1v) is 9.21. The summed E-state index contributed by atoms with van der Waals surface area (Å²) < 4.78 is 34.4. The fraction of sp³-hybridized carbons (Fsp3) is 0.438. The highest BCUT2D eigenvalue weighted by molar-refractivity contribution is 7.92. The van der Waals surface area contributed by atoms with Gasteiger partial charge >= 0.3 is 0 Å². The maximum atomic E-state index is 12.3. The zero-order valence-corrected chi connectivity index (χ0v) is 13.9. The summed E-state index contributed by atoms with van der Waals surface area (Å²) in [6.45, 7) is 4.29.